The minimum absolute atomic E-state index is 0.248. The summed E-state index contributed by atoms with van der Waals surface area (Å²) in [6.07, 6.45) is -3.12. The molecule has 3 aromatic rings. The van der Waals surface area contributed by atoms with Crippen molar-refractivity contribution in [3.8, 4) is 22.6 Å². The van der Waals surface area contributed by atoms with Crippen molar-refractivity contribution in [3.05, 3.63) is 77.1 Å². The summed E-state index contributed by atoms with van der Waals surface area (Å²) in [5.74, 6) is 0.145. The number of halogens is 4. The van der Waals surface area contributed by atoms with Crippen molar-refractivity contribution in [2.75, 3.05) is 7.11 Å². The van der Waals surface area contributed by atoms with Gasteiger partial charge in [-0.1, -0.05) is 41.9 Å². The molecule has 0 saturated carbocycles. The van der Waals surface area contributed by atoms with Gasteiger partial charge in [0.1, 0.15) is 16.7 Å². The van der Waals surface area contributed by atoms with Crippen molar-refractivity contribution in [2.45, 2.75) is 19.5 Å². The molecule has 29 heavy (non-hydrogen) atoms. The second-order valence-corrected chi connectivity index (χ2v) is 6.48. The second kappa shape index (κ2) is 9.15. The summed E-state index contributed by atoms with van der Waals surface area (Å²) in [7, 11) is 1.45. The van der Waals surface area contributed by atoms with Crippen LogP contribution in [-0.4, -0.2) is 18.5 Å². The van der Waals surface area contributed by atoms with Gasteiger partial charge in [0.2, 0.25) is 0 Å². The Bertz CT molecular complexity index is 966. The highest BCUT2D eigenvalue weighted by molar-refractivity contribution is 6.30. The summed E-state index contributed by atoms with van der Waals surface area (Å²) in [6, 6.07) is 15.5. The van der Waals surface area contributed by atoms with E-state index >= 15 is 0 Å². The number of pyridine rings is 1. The van der Waals surface area contributed by atoms with Crippen molar-refractivity contribution in [2.24, 2.45) is 0 Å². The van der Waals surface area contributed by atoms with Gasteiger partial charge in [-0.2, -0.15) is 0 Å². The fraction of sp³-hybridized carbons (Fsp3) is 0.190. The van der Waals surface area contributed by atoms with Crippen LogP contribution in [-0.2, 0) is 13.1 Å². The van der Waals surface area contributed by atoms with Crippen LogP contribution >= 0.6 is 11.6 Å². The van der Waals surface area contributed by atoms with Crippen LogP contribution in [0.25, 0.3) is 11.1 Å². The third-order valence-electron chi connectivity index (χ3n) is 4.19. The van der Waals surface area contributed by atoms with Crippen LogP contribution in [0.3, 0.4) is 0 Å². The first-order valence-corrected chi connectivity index (χ1v) is 9.07. The standard InChI is InChI=1S/C21H18ClF3N2O2/c1-28-19-8-7-16(29-21(23,24)25)11-15(19)12-26-13-18-17(9-10-27-20(18)22)14-5-3-2-4-6-14/h2-11,26H,12-13H2,1H3. The Kier molecular flexibility index (Phi) is 6.61. The van der Waals surface area contributed by atoms with Crippen LogP contribution in [0.1, 0.15) is 11.1 Å². The zero-order chi connectivity index (χ0) is 20.9. The molecule has 0 unspecified atom stereocenters. The summed E-state index contributed by atoms with van der Waals surface area (Å²) >= 11 is 6.30. The molecule has 4 nitrogen and oxygen atoms in total. The molecule has 8 heteroatoms. The van der Waals surface area contributed by atoms with Crippen LogP contribution in [0.2, 0.25) is 5.15 Å². The van der Waals surface area contributed by atoms with E-state index < -0.39 is 6.36 Å². The largest absolute Gasteiger partial charge is 0.573 e. The van der Waals surface area contributed by atoms with Gasteiger partial charge in [0.25, 0.3) is 0 Å². The van der Waals surface area contributed by atoms with E-state index in [1.54, 1.807) is 6.20 Å². The molecule has 0 saturated heterocycles. The highest BCUT2D eigenvalue weighted by Gasteiger charge is 2.31. The van der Waals surface area contributed by atoms with Gasteiger partial charge in [0.15, 0.2) is 0 Å². The molecular formula is C21H18ClF3N2O2. The quantitative estimate of drug-likeness (QED) is 0.503. The lowest BCUT2D eigenvalue weighted by Gasteiger charge is -2.15. The smallest absolute Gasteiger partial charge is 0.496 e. The Morgan fingerprint density at radius 1 is 1.03 bits per heavy atom. The Balaban J connectivity index is 1.78. The van der Waals surface area contributed by atoms with Crippen molar-refractivity contribution in [1.82, 2.24) is 10.3 Å². The average Bonchev–Trinajstić information content (AvgIpc) is 2.69. The number of nitrogens with one attached hydrogen (secondary N) is 1. The molecule has 0 aliphatic carbocycles. The predicted molar refractivity (Wildman–Crippen MR) is 105 cm³/mol. The lowest BCUT2D eigenvalue weighted by Crippen LogP contribution is -2.18. The molecule has 0 spiro atoms. The van der Waals surface area contributed by atoms with E-state index in [4.69, 9.17) is 16.3 Å². The first-order valence-electron chi connectivity index (χ1n) is 8.69. The molecule has 3 rings (SSSR count). The van der Waals surface area contributed by atoms with Crippen LogP contribution in [0.4, 0.5) is 13.2 Å². The number of methoxy groups -OCH3 is 1. The van der Waals surface area contributed by atoms with E-state index in [2.05, 4.69) is 15.0 Å². The molecule has 1 aromatic heterocycles. The Morgan fingerprint density at radius 3 is 2.48 bits per heavy atom. The maximum atomic E-state index is 12.5. The number of benzene rings is 2. The number of hydrogen-bond acceptors (Lipinski definition) is 4. The van der Waals surface area contributed by atoms with Crippen LogP contribution < -0.4 is 14.8 Å². The minimum atomic E-state index is -4.76. The van der Waals surface area contributed by atoms with Crippen molar-refractivity contribution < 1.29 is 22.6 Å². The van der Waals surface area contributed by atoms with Crippen LogP contribution in [0, 0.1) is 0 Å². The van der Waals surface area contributed by atoms with E-state index in [1.165, 1.54) is 25.3 Å². The topological polar surface area (TPSA) is 43.4 Å². The number of alkyl halides is 3. The number of nitrogens with zero attached hydrogens (tertiary/aromatic N) is 1. The summed E-state index contributed by atoms with van der Waals surface area (Å²) in [4.78, 5) is 4.13. The number of rotatable bonds is 7. The Labute approximate surface area is 171 Å². The molecule has 0 atom stereocenters. The molecule has 1 N–H and O–H groups in total. The Morgan fingerprint density at radius 2 is 1.79 bits per heavy atom. The summed E-state index contributed by atoms with van der Waals surface area (Å²) in [6.45, 7) is 0.613. The first kappa shape index (κ1) is 21.0. The predicted octanol–water partition coefficient (Wildman–Crippen LogP) is 5.60. The van der Waals surface area contributed by atoms with Gasteiger partial charge < -0.3 is 14.8 Å². The number of ether oxygens (including phenoxy) is 2. The van der Waals surface area contributed by atoms with Crippen molar-refractivity contribution >= 4 is 11.6 Å². The highest BCUT2D eigenvalue weighted by atomic mass is 35.5. The minimum Gasteiger partial charge on any atom is -0.496 e. The van der Waals surface area contributed by atoms with Crippen LogP contribution in [0.5, 0.6) is 11.5 Å². The van der Waals surface area contributed by atoms with E-state index in [9.17, 15) is 13.2 Å². The molecule has 0 aliphatic rings. The summed E-state index contributed by atoms with van der Waals surface area (Å²) in [5, 5.41) is 3.55. The van der Waals surface area contributed by atoms with Crippen molar-refractivity contribution in [3.63, 3.8) is 0 Å². The first-order chi connectivity index (χ1) is 13.9. The fourth-order valence-corrected chi connectivity index (χ4v) is 3.16. The summed E-state index contributed by atoms with van der Waals surface area (Å²) in [5.41, 5.74) is 3.24. The van der Waals surface area contributed by atoms with Gasteiger partial charge in [-0.15, -0.1) is 13.2 Å². The normalized spacial score (nSPS) is 11.3. The molecule has 1 heterocycles. The molecule has 152 valence electrons. The lowest BCUT2D eigenvalue weighted by atomic mass is 10.0. The van der Waals surface area contributed by atoms with Gasteiger partial charge in [-0.25, -0.2) is 4.98 Å². The zero-order valence-corrected chi connectivity index (χ0v) is 16.2. The number of hydrogen-bond donors (Lipinski definition) is 1. The van der Waals surface area contributed by atoms with Gasteiger partial charge in [0, 0.05) is 30.4 Å². The molecule has 0 radical (unpaired) electrons. The van der Waals surface area contributed by atoms with Gasteiger partial charge >= 0.3 is 6.36 Å². The monoisotopic (exact) mass is 422 g/mol. The molecular weight excluding hydrogens is 405 g/mol. The highest BCUT2D eigenvalue weighted by Crippen LogP contribution is 2.30. The summed E-state index contributed by atoms with van der Waals surface area (Å²) < 4.78 is 46.7. The zero-order valence-electron chi connectivity index (χ0n) is 15.5. The maximum absolute atomic E-state index is 12.5. The third-order valence-corrected chi connectivity index (χ3v) is 4.52. The lowest BCUT2D eigenvalue weighted by molar-refractivity contribution is -0.274. The molecule has 0 bridgehead atoms. The van der Waals surface area contributed by atoms with Gasteiger partial charge in [-0.05, 0) is 35.4 Å². The van der Waals surface area contributed by atoms with E-state index in [0.29, 0.717) is 23.0 Å². The fourth-order valence-electron chi connectivity index (χ4n) is 2.94. The van der Waals surface area contributed by atoms with E-state index in [0.717, 1.165) is 16.7 Å². The average molecular weight is 423 g/mol. The van der Waals surface area contributed by atoms with Crippen molar-refractivity contribution in [1.29, 1.82) is 0 Å². The van der Waals surface area contributed by atoms with E-state index in [-0.39, 0.29) is 12.3 Å². The van der Waals surface area contributed by atoms with Gasteiger partial charge in [-0.3, -0.25) is 0 Å². The SMILES string of the molecule is COc1ccc(OC(F)(F)F)cc1CNCc1c(-c2ccccc2)ccnc1Cl. The molecule has 0 aliphatic heterocycles. The third kappa shape index (κ3) is 5.62. The molecule has 0 amide bonds. The van der Waals surface area contributed by atoms with Gasteiger partial charge in [0.05, 0.1) is 7.11 Å². The Hall–Kier alpha value is -2.77. The van der Waals surface area contributed by atoms with E-state index in [1.807, 2.05) is 36.4 Å². The molecule has 2 aromatic carbocycles. The number of aromatic nitrogens is 1. The second-order valence-electron chi connectivity index (χ2n) is 6.12. The van der Waals surface area contributed by atoms with Crippen LogP contribution in [0.15, 0.2) is 60.8 Å². The molecule has 0 fully saturated rings. The maximum Gasteiger partial charge on any atom is 0.573 e.